The van der Waals surface area contributed by atoms with Crippen molar-refractivity contribution in [1.82, 2.24) is 14.7 Å². The molecule has 3 aliphatic rings. The number of nitrogens with zero attached hydrogens (tertiary/aromatic N) is 3. The molecule has 3 rings (SSSR count). The summed E-state index contributed by atoms with van der Waals surface area (Å²) in [4.78, 5) is 27.4. The molecule has 2 atom stereocenters. The first-order valence-electron chi connectivity index (χ1n) is 8.53. The first-order chi connectivity index (χ1) is 12.0. The molecule has 2 saturated heterocycles. The predicted octanol–water partition coefficient (Wildman–Crippen LogP) is 2.22. The molecule has 0 unspecified atom stereocenters. The summed E-state index contributed by atoms with van der Waals surface area (Å²) >= 11 is 0. The number of halogens is 4. The Bertz CT molecular complexity index is 624. The van der Waals surface area contributed by atoms with Crippen molar-refractivity contribution in [3.8, 4) is 0 Å². The molecular weight excluding hydrogens is 358 g/mol. The Labute approximate surface area is 148 Å². The lowest BCUT2D eigenvalue weighted by atomic mass is 10.1. The Balaban J connectivity index is 1.54. The van der Waals surface area contributed by atoms with Crippen LogP contribution in [0.1, 0.15) is 26.2 Å². The topological polar surface area (TPSA) is 64.1 Å². The lowest BCUT2D eigenvalue weighted by Crippen LogP contribution is -2.57. The van der Waals surface area contributed by atoms with Crippen molar-refractivity contribution in [1.29, 1.82) is 0 Å². The second-order valence-electron chi connectivity index (χ2n) is 7.14. The van der Waals surface area contributed by atoms with Crippen molar-refractivity contribution in [2.45, 2.75) is 50.1 Å². The van der Waals surface area contributed by atoms with Crippen LogP contribution in [0.2, 0.25) is 0 Å². The van der Waals surface area contributed by atoms with Crippen LogP contribution in [-0.4, -0.2) is 81.9 Å². The fourth-order valence-electron chi connectivity index (χ4n) is 3.86. The van der Waals surface area contributed by atoms with Gasteiger partial charge in [0.05, 0.1) is 19.6 Å². The van der Waals surface area contributed by atoms with Crippen LogP contribution in [0.5, 0.6) is 0 Å². The van der Waals surface area contributed by atoms with Crippen molar-refractivity contribution in [2.24, 2.45) is 0 Å². The van der Waals surface area contributed by atoms with Crippen LogP contribution in [-0.2, 0) is 4.79 Å². The predicted molar refractivity (Wildman–Crippen MR) is 83.1 cm³/mol. The van der Waals surface area contributed by atoms with Gasteiger partial charge in [0.25, 0.3) is 0 Å². The van der Waals surface area contributed by atoms with Crippen molar-refractivity contribution < 1.29 is 32.3 Å². The number of carbonyl (C=O) groups excluding carboxylic acids is 1. The Kier molecular flexibility index (Phi) is 4.66. The van der Waals surface area contributed by atoms with Gasteiger partial charge < -0.3 is 10.0 Å². The highest BCUT2D eigenvalue weighted by Gasteiger charge is 2.62. The van der Waals surface area contributed by atoms with E-state index in [1.165, 1.54) is 6.92 Å². The van der Waals surface area contributed by atoms with E-state index in [2.05, 4.69) is 0 Å². The summed E-state index contributed by atoms with van der Waals surface area (Å²) in [6, 6.07) is -0.972. The summed E-state index contributed by atoms with van der Waals surface area (Å²) in [6.45, 7) is -0.154. The summed E-state index contributed by atoms with van der Waals surface area (Å²) in [6.07, 6.45) is 2.08. The fourth-order valence-corrected chi connectivity index (χ4v) is 3.86. The number of amides is 2. The highest BCUT2D eigenvalue weighted by molar-refractivity contribution is 5.88. The minimum Gasteiger partial charge on any atom is -0.465 e. The van der Waals surface area contributed by atoms with Gasteiger partial charge >= 0.3 is 17.9 Å². The third kappa shape index (κ3) is 3.15. The highest BCUT2D eigenvalue weighted by atomic mass is 19.3. The number of likely N-dealkylation sites (tertiary alicyclic amines) is 1. The normalized spacial score (nSPS) is 30.5. The van der Waals surface area contributed by atoms with E-state index in [4.69, 9.17) is 5.11 Å². The van der Waals surface area contributed by atoms with E-state index in [-0.39, 0.29) is 25.0 Å². The molecule has 3 heterocycles. The maximum atomic E-state index is 13.2. The van der Waals surface area contributed by atoms with Gasteiger partial charge in [0.15, 0.2) is 0 Å². The number of fused-ring (bicyclic) bond motifs is 1. The maximum absolute atomic E-state index is 13.2. The van der Waals surface area contributed by atoms with Gasteiger partial charge in [0, 0.05) is 11.7 Å². The van der Waals surface area contributed by atoms with E-state index < -0.39 is 37.1 Å². The zero-order valence-electron chi connectivity index (χ0n) is 14.3. The molecule has 0 spiro atoms. The van der Waals surface area contributed by atoms with Crippen LogP contribution in [0.3, 0.4) is 0 Å². The van der Waals surface area contributed by atoms with Crippen molar-refractivity contribution in [3.05, 3.63) is 11.8 Å². The molecule has 26 heavy (non-hydrogen) atoms. The smallest absolute Gasteiger partial charge is 0.408 e. The highest BCUT2D eigenvalue weighted by Crippen LogP contribution is 2.41. The lowest BCUT2D eigenvalue weighted by Gasteiger charge is -2.40. The molecule has 6 nitrogen and oxygen atoms in total. The van der Waals surface area contributed by atoms with Crippen molar-refractivity contribution in [3.63, 3.8) is 0 Å². The number of rotatable bonds is 4. The van der Waals surface area contributed by atoms with E-state index in [1.807, 2.05) is 6.08 Å². The first kappa shape index (κ1) is 18.9. The SMILES string of the molecule is C[C@H]1C(=O)N2C(=CC[C@@H]2CCCN2CC(F)(F)C(F)(F)C2)CN1C(=O)O. The Hall–Kier alpha value is -1.84. The molecular formula is C16H21F4N3O3. The van der Waals surface area contributed by atoms with Crippen molar-refractivity contribution in [2.75, 3.05) is 26.2 Å². The lowest BCUT2D eigenvalue weighted by molar-refractivity contribution is -0.172. The Morgan fingerprint density at radius 1 is 1.27 bits per heavy atom. The maximum Gasteiger partial charge on any atom is 0.408 e. The number of hydrogen-bond donors (Lipinski definition) is 1. The summed E-state index contributed by atoms with van der Waals surface area (Å²) in [5.41, 5.74) is 0.625. The first-order valence-corrected chi connectivity index (χ1v) is 8.53. The minimum atomic E-state index is -4.01. The quantitative estimate of drug-likeness (QED) is 0.761. The standard InChI is InChI=1S/C16H21F4N3O3/c1-10-13(24)23-11(4-5-12(23)7-22(10)14(25)26)3-2-6-21-8-15(17,18)16(19,20)9-21/h5,10-11H,2-4,6-9H2,1H3,(H,25,26)/t10-,11-/m0/s1. The van der Waals surface area contributed by atoms with E-state index in [0.717, 1.165) is 9.80 Å². The monoisotopic (exact) mass is 379 g/mol. The van der Waals surface area contributed by atoms with E-state index in [1.54, 1.807) is 4.90 Å². The molecule has 1 N–H and O–H groups in total. The van der Waals surface area contributed by atoms with Gasteiger partial charge in [0.2, 0.25) is 5.91 Å². The minimum absolute atomic E-state index is 0.107. The van der Waals surface area contributed by atoms with E-state index >= 15 is 0 Å². The Morgan fingerprint density at radius 2 is 1.88 bits per heavy atom. The molecule has 0 radical (unpaired) electrons. The van der Waals surface area contributed by atoms with Gasteiger partial charge in [-0.1, -0.05) is 6.08 Å². The molecule has 0 aromatic rings. The van der Waals surface area contributed by atoms with E-state index in [0.29, 0.717) is 25.0 Å². The third-order valence-corrected chi connectivity index (χ3v) is 5.33. The zero-order valence-corrected chi connectivity index (χ0v) is 14.3. The van der Waals surface area contributed by atoms with Gasteiger partial charge in [-0.15, -0.1) is 0 Å². The Morgan fingerprint density at radius 3 is 2.46 bits per heavy atom. The van der Waals surface area contributed by atoms with Crippen LogP contribution < -0.4 is 0 Å². The largest absolute Gasteiger partial charge is 0.465 e. The van der Waals surface area contributed by atoms with Crippen LogP contribution in [0, 0.1) is 0 Å². The number of carbonyl (C=O) groups is 2. The molecule has 0 aliphatic carbocycles. The van der Waals surface area contributed by atoms with Crippen LogP contribution in [0.15, 0.2) is 11.8 Å². The molecule has 0 saturated carbocycles. The molecule has 0 aromatic heterocycles. The summed E-state index contributed by atoms with van der Waals surface area (Å²) < 4.78 is 52.9. The average molecular weight is 379 g/mol. The number of piperazine rings is 1. The van der Waals surface area contributed by atoms with E-state index in [9.17, 15) is 27.2 Å². The fraction of sp³-hybridized carbons (Fsp3) is 0.750. The van der Waals surface area contributed by atoms with Gasteiger partial charge in [-0.3, -0.25) is 14.6 Å². The summed E-state index contributed by atoms with van der Waals surface area (Å²) in [5.74, 6) is -8.33. The van der Waals surface area contributed by atoms with Gasteiger partial charge in [-0.05, 0) is 32.7 Å². The number of alkyl halides is 4. The van der Waals surface area contributed by atoms with Crippen LogP contribution >= 0.6 is 0 Å². The second-order valence-corrected chi connectivity index (χ2v) is 7.14. The number of hydrogen-bond acceptors (Lipinski definition) is 3. The van der Waals surface area contributed by atoms with Gasteiger partial charge in [0.1, 0.15) is 6.04 Å². The van der Waals surface area contributed by atoms with Crippen molar-refractivity contribution >= 4 is 12.0 Å². The molecule has 2 amide bonds. The summed E-state index contributed by atoms with van der Waals surface area (Å²) in [5, 5.41) is 9.16. The molecule has 2 fully saturated rings. The zero-order chi connectivity index (χ0) is 19.3. The summed E-state index contributed by atoms with van der Waals surface area (Å²) in [7, 11) is 0. The average Bonchev–Trinajstić information content (AvgIpc) is 3.01. The molecule has 3 aliphatic heterocycles. The van der Waals surface area contributed by atoms with Gasteiger partial charge in [-0.2, -0.15) is 17.6 Å². The molecule has 146 valence electrons. The molecule has 0 aromatic carbocycles. The number of carboxylic acid groups (broad SMARTS) is 1. The van der Waals surface area contributed by atoms with Crippen LogP contribution in [0.25, 0.3) is 0 Å². The molecule has 10 heteroatoms. The second kappa shape index (κ2) is 6.40. The van der Waals surface area contributed by atoms with Gasteiger partial charge in [-0.25, -0.2) is 4.79 Å². The third-order valence-electron chi connectivity index (χ3n) is 5.33. The van der Waals surface area contributed by atoms with Crippen LogP contribution in [0.4, 0.5) is 22.4 Å². The molecule has 0 bridgehead atoms.